The zero-order chi connectivity index (χ0) is 15.3. The quantitative estimate of drug-likeness (QED) is 0.639. The van der Waals surface area contributed by atoms with E-state index in [1.54, 1.807) is 13.8 Å². The Kier molecular flexibility index (Phi) is 5.24. The molecule has 8 heteroatoms. The average molecular weight is 283 g/mol. The van der Waals surface area contributed by atoms with Gasteiger partial charge in [-0.25, -0.2) is 4.79 Å². The third kappa shape index (κ3) is 3.81. The number of hydrogen-bond donors (Lipinski definition) is 3. The zero-order valence-corrected chi connectivity index (χ0v) is 11.5. The van der Waals surface area contributed by atoms with Crippen LogP contribution in [0.5, 0.6) is 0 Å². The molecule has 0 saturated carbocycles. The number of carboxylic acid groups (broad SMARTS) is 1. The van der Waals surface area contributed by atoms with Gasteiger partial charge in [-0.05, 0) is 20.3 Å². The third-order valence-corrected chi connectivity index (χ3v) is 2.82. The summed E-state index contributed by atoms with van der Waals surface area (Å²) in [5.41, 5.74) is 1.35. The molecule has 0 spiro atoms. The summed E-state index contributed by atoms with van der Waals surface area (Å²) in [6.07, 6.45) is -0.124. The summed E-state index contributed by atoms with van der Waals surface area (Å²) in [7, 11) is 1.22. The van der Waals surface area contributed by atoms with Crippen molar-refractivity contribution in [3.8, 4) is 0 Å². The maximum atomic E-state index is 12.0. The molecule has 0 unspecified atom stereocenters. The van der Waals surface area contributed by atoms with Crippen molar-refractivity contribution < 1.29 is 24.2 Å². The van der Waals surface area contributed by atoms with Crippen molar-refractivity contribution in [2.75, 3.05) is 7.11 Å². The highest BCUT2D eigenvalue weighted by Crippen LogP contribution is 2.10. The Bertz CT molecular complexity index is 504. The van der Waals surface area contributed by atoms with Crippen LogP contribution in [0.1, 0.15) is 34.6 Å². The van der Waals surface area contributed by atoms with Gasteiger partial charge in [-0.3, -0.25) is 14.7 Å². The van der Waals surface area contributed by atoms with Gasteiger partial charge in [0.15, 0.2) is 0 Å². The molecule has 1 atom stereocenters. The van der Waals surface area contributed by atoms with Gasteiger partial charge in [0.05, 0.1) is 18.4 Å². The van der Waals surface area contributed by atoms with Gasteiger partial charge in [0, 0.05) is 12.1 Å². The molecule has 0 saturated heterocycles. The highest BCUT2D eigenvalue weighted by atomic mass is 16.5. The zero-order valence-electron chi connectivity index (χ0n) is 11.5. The molecule has 3 N–H and O–H groups in total. The number of methoxy groups -OCH3 is 1. The van der Waals surface area contributed by atoms with Crippen LogP contribution >= 0.6 is 0 Å². The largest absolute Gasteiger partial charge is 0.480 e. The van der Waals surface area contributed by atoms with E-state index in [-0.39, 0.29) is 12.8 Å². The second-order valence-electron chi connectivity index (χ2n) is 4.29. The number of nitrogens with one attached hydrogen (secondary N) is 2. The van der Waals surface area contributed by atoms with Crippen LogP contribution in [0.3, 0.4) is 0 Å². The predicted molar refractivity (Wildman–Crippen MR) is 68.2 cm³/mol. The number of carbonyl (C=O) groups excluding carboxylic acids is 2. The SMILES string of the molecule is COC(=O)CC[C@H](NC(=O)c1c(C)n[nH]c1C)C(=O)O. The molecule has 1 rings (SSSR count). The van der Waals surface area contributed by atoms with E-state index in [1.807, 2.05) is 0 Å². The van der Waals surface area contributed by atoms with Crippen molar-refractivity contribution in [1.29, 1.82) is 0 Å². The van der Waals surface area contributed by atoms with E-state index in [9.17, 15) is 14.4 Å². The van der Waals surface area contributed by atoms with Crippen LogP contribution in [-0.2, 0) is 14.3 Å². The summed E-state index contributed by atoms with van der Waals surface area (Å²) in [6, 6.07) is -1.16. The molecule has 0 bridgehead atoms. The molecule has 1 amide bonds. The number of carboxylic acids is 1. The lowest BCUT2D eigenvalue weighted by Gasteiger charge is -2.14. The van der Waals surface area contributed by atoms with Gasteiger partial charge in [0.1, 0.15) is 6.04 Å². The standard InChI is InChI=1S/C12H17N3O5/c1-6-10(7(2)15-14-6)11(17)13-8(12(18)19)4-5-9(16)20-3/h8H,4-5H2,1-3H3,(H,13,17)(H,14,15)(H,18,19)/t8-/m0/s1. The number of carbonyl (C=O) groups is 3. The van der Waals surface area contributed by atoms with Crippen LogP contribution in [0.25, 0.3) is 0 Å². The number of H-pyrrole nitrogens is 1. The van der Waals surface area contributed by atoms with Crippen molar-refractivity contribution in [3.05, 3.63) is 17.0 Å². The maximum Gasteiger partial charge on any atom is 0.326 e. The van der Waals surface area contributed by atoms with Crippen molar-refractivity contribution in [3.63, 3.8) is 0 Å². The van der Waals surface area contributed by atoms with Crippen molar-refractivity contribution >= 4 is 17.8 Å². The Morgan fingerprint density at radius 2 is 2.05 bits per heavy atom. The van der Waals surface area contributed by atoms with Crippen molar-refractivity contribution in [2.45, 2.75) is 32.7 Å². The van der Waals surface area contributed by atoms with Gasteiger partial charge >= 0.3 is 11.9 Å². The summed E-state index contributed by atoms with van der Waals surface area (Å²) in [5.74, 6) is -2.27. The number of aromatic nitrogens is 2. The molecule has 1 aromatic heterocycles. The normalized spacial score (nSPS) is 11.8. The van der Waals surface area contributed by atoms with Gasteiger partial charge in [-0.2, -0.15) is 5.10 Å². The van der Waals surface area contributed by atoms with Crippen LogP contribution < -0.4 is 5.32 Å². The highest BCUT2D eigenvalue weighted by Gasteiger charge is 2.24. The minimum Gasteiger partial charge on any atom is -0.480 e. The number of amides is 1. The van der Waals surface area contributed by atoms with Crippen LogP contribution in [0.2, 0.25) is 0 Å². The first kappa shape index (κ1) is 15.7. The highest BCUT2D eigenvalue weighted by molar-refractivity contribution is 5.98. The molecular formula is C12H17N3O5. The van der Waals surface area contributed by atoms with E-state index >= 15 is 0 Å². The van der Waals surface area contributed by atoms with Gasteiger partial charge in [0.25, 0.3) is 5.91 Å². The van der Waals surface area contributed by atoms with E-state index in [2.05, 4.69) is 20.3 Å². The van der Waals surface area contributed by atoms with E-state index in [0.29, 0.717) is 17.0 Å². The molecule has 0 aliphatic heterocycles. The van der Waals surface area contributed by atoms with E-state index in [4.69, 9.17) is 5.11 Å². The molecular weight excluding hydrogens is 266 g/mol. The minimum atomic E-state index is -1.21. The number of esters is 1. The first-order chi connectivity index (χ1) is 9.36. The molecule has 20 heavy (non-hydrogen) atoms. The Morgan fingerprint density at radius 1 is 1.40 bits per heavy atom. The fourth-order valence-electron chi connectivity index (χ4n) is 1.74. The van der Waals surface area contributed by atoms with E-state index in [1.165, 1.54) is 7.11 Å². The summed E-state index contributed by atoms with van der Waals surface area (Å²) in [6.45, 7) is 3.31. The lowest BCUT2D eigenvalue weighted by molar-refractivity contribution is -0.142. The second-order valence-corrected chi connectivity index (χ2v) is 4.29. The Labute approximate surface area is 115 Å². The number of aryl methyl sites for hydroxylation is 2. The van der Waals surface area contributed by atoms with Crippen LogP contribution in [-0.4, -0.2) is 46.3 Å². The van der Waals surface area contributed by atoms with E-state index in [0.717, 1.165) is 0 Å². The predicted octanol–water partition coefficient (Wildman–Crippen LogP) is 0.163. The Morgan fingerprint density at radius 3 is 2.50 bits per heavy atom. The smallest absolute Gasteiger partial charge is 0.326 e. The lowest BCUT2D eigenvalue weighted by Crippen LogP contribution is -2.41. The fraction of sp³-hybridized carbons (Fsp3) is 0.500. The molecule has 0 aromatic carbocycles. The summed E-state index contributed by atoms with van der Waals surface area (Å²) in [5, 5.41) is 17.9. The molecule has 1 heterocycles. The Balaban J connectivity index is 2.73. The topological polar surface area (TPSA) is 121 Å². The number of aromatic amines is 1. The second kappa shape index (κ2) is 6.69. The maximum absolute atomic E-state index is 12.0. The van der Waals surface area contributed by atoms with Gasteiger partial charge in [-0.15, -0.1) is 0 Å². The average Bonchev–Trinajstić information content (AvgIpc) is 2.73. The first-order valence-corrected chi connectivity index (χ1v) is 5.98. The van der Waals surface area contributed by atoms with Gasteiger partial charge in [0.2, 0.25) is 0 Å². The number of nitrogens with zero attached hydrogens (tertiary/aromatic N) is 1. The first-order valence-electron chi connectivity index (χ1n) is 5.98. The number of hydrogen-bond acceptors (Lipinski definition) is 5. The summed E-state index contributed by atoms with van der Waals surface area (Å²) < 4.78 is 4.44. The molecule has 0 aliphatic carbocycles. The van der Waals surface area contributed by atoms with Crippen molar-refractivity contribution in [1.82, 2.24) is 15.5 Å². The lowest BCUT2D eigenvalue weighted by atomic mass is 10.1. The number of aliphatic carboxylic acids is 1. The molecule has 0 radical (unpaired) electrons. The summed E-state index contributed by atoms with van der Waals surface area (Å²) >= 11 is 0. The van der Waals surface area contributed by atoms with Crippen molar-refractivity contribution in [2.24, 2.45) is 0 Å². The number of ether oxygens (including phenoxy) is 1. The Hall–Kier alpha value is -2.38. The minimum absolute atomic E-state index is 0.0380. The van der Waals surface area contributed by atoms with Gasteiger partial charge in [-0.1, -0.05) is 0 Å². The van der Waals surface area contributed by atoms with Crippen LogP contribution in [0, 0.1) is 13.8 Å². The monoisotopic (exact) mass is 283 g/mol. The molecule has 8 nitrogen and oxygen atoms in total. The third-order valence-electron chi connectivity index (χ3n) is 2.82. The van der Waals surface area contributed by atoms with Gasteiger partial charge < -0.3 is 15.2 Å². The fourth-order valence-corrected chi connectivity index (χ4v) is 1.74. The van der Waals surface area contributed by atoms with E-state index < -0.39 is 23.9 Å². The van der Waals surface area contributed by atoms with Crippen LogP contribution in [0.15, 0.2) is 0 Å². The summed E-state index contributed by atoms with van der Waals surface area (Å²) in [4.78, 5) is 34.1. The molecule has 0 aliphatic rings. The molecule has 1 aromatic rings. The number of rotatable bonds is 6. The molecule has 0 fully saturated rings. The van der Waals surface area contributed by atoms with Crippen LogP contribution in [0.4, 0.5) is 0 Å². The molecule has 110 valence electrons.